The molecule has 1 heterocycles. The standard InChI is InChI=1S/C19H20BrF3N2O3/c1-28-13-4-6-17(7-5-13)9-11-2-3-12(20)8-14(11)19(17)15(26)25(16(27)24-19)10-18(21,22)23/h2-3,8,13H,4-7,9-10H2,1H3,(H,24,27). The molecule has 2 spiro atoms. The predicted molar refractivity (Wildman–Crippen MR) is 97.5 cm³/mol. The van der Waals surface area contributed by atoms with Crippen LogP contribution in [0.2, 0.25) is 0 Å². The van der Waals surface area contributed by atoms with Crippen LogP contribution in [0.25, 0.3) is 0 Å². The molecule has 2 aliphatic carbocycles. The number of rotatable bonds is 2. The van der Waals surface area contributed by atoms with Crippen LogP contribution in [0.15, 0.2) is 22.7 Å². The number of nitrogens with zero attached hydrogens (tertiary/aromatic N) is 1. The third kappa shape index (κ3) is 2.77. The molecule has 1 N–H and O–H groups in total. The summed E-state index contributed by atoms with van der Waals surface area (Å²) in [4.78, 5) is 26.3. The van der Waals surface area contributed by atoms with Crippen molar-refractivity contribution in [2.45, 2.75) is 49.9 Å². The van der Waals surface area contributed by atoms with Crippen molar-refractivity contribution in [1.29, 1.82) is 0 Å². The summed E-state index contributed by atoms with van der Waals surface area (Å²) in [7, 11) is 1.63. The number of imide groups is 1. The average molecular weight is 461 g/mol. The zero-order valence-electron chi connectivity index (χ0n) is 15.2. The summed E-state index contributed by atoms with van der Waals surface area (Å²) in [6.07, 6.45) is -1.51. The van der Waals surface area contributed by atoms with Gasteiger partial charge in [0.2, 0.25) is 0 Å². The molecule has 4 rings (SSSR count). The number of benzene rings is 1. The van der Waals surface area contributed by atoms with Crippen LogP contribution < -0.4 is 5.32 Å². The van der Waals surface area contributed by atoms with Gasteiger partial charge in [-0.1, -0.05) is 22.0 Å². The lowest BCUT2D eigenvalue weighted by Gasteiger charge is -2.46. The Labute approximate surface area is 168 Å². The number of hydrogen-bond donors (Lipinski definition) is 1. The third-order valence-electron chi connectivity index (χ3n) is 6.47. The average Bonchev–Trinajstić information content (AvgIpc) is 3.03. The van der Waals surface area contributed by atoms with Crippen LogP contribution in [0.4, 0.5) is 18.0 Å². The lowest BCUT2D eigenvalue weighted by atomic mass is 9.61. The van der Waals surface area contributed by atoms with Crippen molar-refractivity contribution in [3.05, 3.63) is 33.8 Å². The van der Waals surface area contributed by atoms with Crippen molar-refractivity contribution >= 4 is 27.9 Å². The molecule has 1 aromatic rings. The Hall–Kier alpha value is -1.61. The molecule has 0 radical (unpaired) electrons. The maximum atomic E-state index is 13.4. The number of alkyl halides is 3. The highest BCUT2D eigenvalue weighted by atomic mass is 79.9. The fourth-order valence-corrected chi connectivity index (χ4v) is 5.57. The van der Waals surface area contributed by atoms with E-state index in [0.29, 0.717) is 47.0 Å². The van der Waals surface area contributed by atoms with Crippen molar-refractivity contribution < 1.29 is 27.5 Å². The summed E-state index contributed by atoms with van der Waals surface area (Å²) in [5.74, 6) is -0.803. The molecule has 1 atom stereocenters. The smallest absolute Gasteiger partial charge is 0.381 e. The Balaban J connectivity index is 1.82. The van der Waals surface area contributed by atoms with Crippen molar-refractivity contribution in [2.24, 2.45) is 5.41 Å². The van der Waals surface area contributed by atoms with Gasteiger partial charge in [-0.3, -0.25) is 9.69 Å². The molecule has 1 aliphatic heterocycles. The van der Waals surface area contributed by atoms with Crippen LogP contribution in [0.1, 0.15) is 36.8 Å². The largest absolute Gasteiger partial charge is 0.406 e. The summed E-state index contributed by atoms with van der Waals surface area (Å²) in [5, 5.41) is 2.70. The molecule has 0 aromatic heterocycles. The summed E-state index contributed by atoms with van der Waals surface area (Å²) in [5.41, 5.74) is -0.631. The number of carbonyl (C=O) groups excluding carboxylic acids is 2. The topological polar surface area (TPSA) is 58.6 Å². The number of halogens is 4. The quantitative estimate of drug-likeness (QED) is 0.681. The van der Waals surface area contributed by atoms with Gasteiger partial charge >= 0.3 is 12.2 Å². The Bertz CT molecular complexity index is 836. The van der Waals surface area contributed by atoms with E-state index in [9.17, 15) is 22.8 Å². The number of nitrogens with one attached hydrogen (secondary N) is 1. The number of fused-ring (bicyclic) bond motifs is 3. The van der Waals surface area contributed by atoms with E-state index >= 15 is 0 Å². The SMILES string of the molecule is COC1CCC2(CC1)Cc1ccc(Br)cc1C21NC(=O)N(CC(F)(F)F)C1=O. The Morgan fingerprint density at radius 3 is 2.57 bits per heavy atom. The van der Waals surface area contributed by atoms with Crippen LogP contribution in [0.5, 0.6) is 0 Å². The van der Waals surface area contributed by atoms with Crippen LogP contribution in [-0.4, -0.2) is 42.8 Å². The molecule has 0 bridgehead atoms. The maximum Gasteiger partial charge on any atom is 0.406 e. The number of carbonyl (C=O) groups is 2. The number of methoxy groups -OCH3 is 1. The lowest BCUT2D eigenvalue weighted by Crippen LogP contribution is -2.57. The van der Waals surface area contributed by atoms with E-state index in [1.54, 1.807) is 13.2 Å². The summed E-state index contributed by atoms with van der Waals surface area (Å²) >= 11 is 3.39. The van der Waals surface area contributed by atoms with Gasteiger partial charge in [-0.2, -0.15) is 13.2 Å². The number of ether oxygens (including phenoxy) is 1. The van der Waals surface area contributed by atoms with E-state index in [2.05, 4.69) is 21.2 Å². The van der Waals surface area contributed by atoms with Gasteiger partial charge in [0.25, 0.3) is 5.91 Å². The first-order chi connectivity index (χ1) is 13.1. The first-order valence-corrected chi connectivity index (χ1v) is 9.94. The number of urea groups is 1. The molecule has 3 aliphatic rings. The second-order valence-corrected chi connectivity index (χ2v) is 8.80. The summed E-state index contributed by atoms with van der Waals surface area (Å²) < 4.78 is 45.2. The second kappa shape index (κ2) is 6.45. The van der Waals surface area contributed by atoms with Gasteiger partial charge in [-0.15, -0.1) is 0 Å². The minimum atomic E-state index is -4.65. The van der Waals surface area contributed by atoms with Crippen molar-refractivity contribution in [1.82, 2.24) is 10.2 Å². The van der Waals surface area contributed by atoms with E-state index in [0.717, 1.165) is 5.56 Å². The molecule has 1 saturated heterocycles. The normalized spacial score (nSPS) is 32.3. The first kappa shape index (κ1) is 19.7. The van der Waals surface area contributed by atoms with E-state index < -0.39 is 35.6 Å². The summed E-state index contributed by atoms with van der Waals surface area (Å²) in [6, 6.07) is 4.50. The van der Waals surface area contributed by atoms with Gasteiger partial charge in [0.05, 0.1) is 6.10 Å². The minimum absolute atomic E-state index is 0.0524. The molecular formula is C19H20BrF3N2O3. The maximum absolute atomic E-state index is 13.4. The Kier molecular flexibility index (Phi) is 4.54. The molecule has 2 fully saturated rings. The van der Waals surface area contributed by atoms with Gasteiger partial charge < -0.3 is 10.1 Å². The van der Waals surface area contributed by atoms with E-state index in [4.69, 9.17) is 4.74 Å². The number of hydrogen-bond acceptors (Lipinski definition) is 3. The second-order valence-electron chi connectivity index (χ2n) is 7.88. The highest BCUT2D eigenvalue weighted by molar-refractivity contribution is 9.10. The lowest BCUT2D eigenvalue weighted by molar-refractivity contribution is -0.158. The molecule has 152 valence electrons. The Morgan fingerprint density at radius 1 is 1.29 bits per heavy atom. The molecule has 5 nitrogen and oxygen atoms in total. The summed E-state index contributed by atoms with van der Waals surface area (Å²) in [6.45, 7) is -1.58. The Morgan fingerprint density at radius 2 is 1.96 bits per heavy atom. The van der Waals surface area contributed by atoms with Gasteiger partial charge in [-0.25, -0.2) is 4.79 Å². The molecule has 9 heteroatoms. The predicted octanol–water partition coefficient (Wildman–Crippen LogP) is 3.89. The van der Waals surface area contributed by atoms with Crippen LogP contribution in [-0.2, 0) is 21.5 Å². The molecule has 1 aromatic carbocycles. The van der Waals surface area contributed by atoms with Crippen molar-refractivity contribution in [2.75, 3.05) is 13.7 Å². The van der Waals surface area contributed by atoms with Crippen LogP contribution in [0, 0.1) is 5.41 Å². The van der Waals surface area contributed by atoms with Gasteiger partial charge in [0.15, 0.2) is 5.54 Å². The third-order valence-corrected chi connectivity index (χ3v) is 6.96. The molecule has 3 amide bonds. The zero-order valence-corrected chi connectivity index (χ0v) is 16.8. The molecule has 28 heavy (non-hydrogen) atoms. The van der Waals surface area contributed by atoms with Crippen LogP contribution in [0.3, 0.4) is 0 Å². The van der Waals surface area contributed by atoms with Gasteiger partial charge in [-0.05, 0) is 55.4 Å². The number of amides is 3. The first-order valence-electron chi connectivity index (χ1n) is 9.14. The zero-order chi connectivity index (χ0) is 20.3. The fourth-order valence-electron chi connectivity index (χ4n) is 5.21. The van der Waals surface area contributed by atoms with E-state index in [1.807, 2.05) is 12.1 Å². The van der Waals surface area contributed by atoms with Gasteiger partial charge in [0, 0.05) is 17.0 Å². The van der Waals surface area contributed by atoms with Crippen molar-refractivity contribution in [3.63, 3.8) is 0 Å². The van der Waals surface area contributed by atoms with E-state index in [1.165, 1.54) is 0 Å². The molecular weight excluding hydrogens is 441 g/mol. The minimum Gasteiger partial charge on any atom is -0.381 e. The highest BCUT2D eigenvalue weighted by Gasteiger charge is 2.68. The van der Waals surface area contributed by atoms with Crippen LogP contribution >= 0.6 is 15.9 Å². The monoisotopic (exact) mass is 460 g/mol. The fraction of sp³-hybridized carbons (Fsp3) is 0.579. The molecule has 1 saturated carbocycles. The molecule has 1 unspecified atom stereocenters. The van der Waals surface area contributed by atoms with E-state index in [-0.39, 0.29) is 6.10 Å². The van der Waals surface area contributed by atoms with Crippen molar-refractivity contribution in [3.8, 4) is 0 Å². The highest BCUT2D eigenvalue weighted by Crippen LogP contribution is 2.60. The van der Waals surface area contributed by atoms with Gasteiger partial charge in [0.1, 0.15) is 6.54 Å².